The van der Waals surface area contributed by atoms with Crippen LogP contribution in [0.2, 0.25) is 0 Å². The molecule has 0 aliphatic heterocycles. The molecular formula is C14H22FN3O. The molecule has 0 saturated heterocycles. The Morgan fingerprint density at radius 2 is 2.11 bits per heavy atom. The van der Waals surface area contributed by atoms with E-state index in [4.69, 9.17) is 0 Å². The van der Waals surface area contributed by atoms with E-state index in [1.165, 1.54) is 6.07 Å². The van der Waals surface area contributed by atoms with E-state index in [1.807, 2.05) is 6.92 Å². The van der Waals surface area contributed by atoms with Crippen LogP contribution in [0.4, 0.5) is 10.2 Å². The van der Waals surface area contributed by atoms with Crippen LogP contribution in [0.15, 0.2) is 12.3 Å². The van der Waals surface area contributed by atoms with Gasteiger partial charge >= 0.3 is 0 Å². The topological polar surface area (TPSA) is 54.0 Å². The Labute approximate surface area is 113 Å². The third kappa shape index (κ3) is 5.24. The summed E-state index contributed by atoms with van der Waals surface area (Å²) in [7, 11) is 0. The molecule has 1 heterocycles. The van der Waals surface area contributed by atoms with E-state index >= 15 is 0 Å². The van der Waals surface area contributed by atoms with Crippen molar-refractivity contribution in [2.75, 3.05) is 18.4 Å². The van der Waals surface area contributed by atoms with Gasteiger partial charge in [-0.25, -0.2) is 9.37 Å². The van der Waals surface area contributed by atoms with Crippen molar-refractivity contribution in [3.05, 3.63) is 23.6 Å². The molecule has 1 rings (SSSR count). The SMILES string of the molecule is CCNc1ncc(F)cc1C(=O)NCCC(C)(C)C. The molecule has 0 aliphatic rings. The van der Waals surface area contributed by atoms with Gasteiger partial charge in [0.2, 0.25) is 0 Å². The van der Waals surface area contributed by atoms with Crippen molar-refractivity contribution in [3.63, 3.8) is 0 Å². The van der Waals surface area contributed by atoms with E-state index in [1.54, 1.807) is 0 Å². The normalized spacial score (nSPS) is 11.2. The maximum atomic E-state index is 13.2. The summed E-state index contributed by atoms with van der Waals surface area (Å²) < 4.78 is 13.2. The second-order valence-corrected chi connectivity index (χ2v) is 5.65. The van der Waals surface area contributed by atoms with Gasteiger partial charge in [0.25, 0.3) is 5.91 Å². The fraction of sp³-hybridized carbons (Fsp3) is 0.571. The van der Waals surface area contributed by atoms with E-state index < -0.39 is 5.82 Å². The minimum atomic E-state index is -0.511. The van der Waals surface area contributed by atoms with E-state index in [0.717, 1.165) is 12.6 Å². The van der Waals surface area contributed by atoms with Crippen molar-refractivity contribution < 1.29 is 9.18 Å². The molecule has 1 amide bonds. The van der Waals surface area contributed by atoms with Crippen LogP contribution in [-0.2, 0) is 0 Å². The van der Waals surface area contributed by atoms with Gasteiger partial charge in [-0.3, -0.25) is 4.79 Å². The van der Waals surface area contributed by atoms with Crippen molar-refractivity contribution in [2.45, 2.75) is 34.1 Å². The van der Waals surface area contributed by atoms with Crippen LogP contribution in [0.3, 0.4) is 0 Å². The molecule has 0 atom stereocenters. The van der Waals surface area contributed by atoms with Crippen LogP contribution in [0.25, 0.3) is 0 Å². The van der Waals surface area contributed by atoms with Gasteiger partial charge in [-0.1, -0.05) is 20.8 Å². The Morgan fingerprint density at radius 3 is 2.68 bits per heavy atom. The smallest absolute Gasteiger partial charge is 0.255 e. The van der Waals surface area contributed by atoms with Crippen molar-refractivity contribution in [3.8, 4) is 0 Å². The van der Waals surface area contributed by atoms with Gasteiger partial charge in [0, 0.05) is 13.1 Å². The number of carbonyl (C=O) groups is 1. The predicted molar refractivity (Wildman–Crippen MR) is 74.8 cm³/mol. The number of halogens is 1. The average molecular weight is 267 g/mol. The number of pyridine rings is 1. The molecular weight excluding hydrogens is 245 g/mol. The van der Waals surface area contributed by atoms with Gasteiger partial charge in [-0.15, -0.1) is 0 Å². The molecule has 0 radical (unpaired) electrons. The number of hydrogen-bond donors (Lipinski definition) is 2. The third-order valence-electron chi connectivity index (χ3n) is 2.60. The van der Waals surface area contributed by atoms with Gasteiger partial charge in [0.15, 0.2) is 0 Å². The van der Waals surface area contributed by atoms with E-state index in [-0.39, 0.29) is 16.9 Å². The van der Waals surface area contributed by atoms with E-state index in [0.29, 0.717) is 18.9 Å². The first kappa shape index (κ1) is 15.4. The Balaban J connectivity index is 2.72. The first-order valence-electron chi connectivity index (χ1n) is 6.51. The Bertz CT molecular complexity index is 441. The van der Waals surface area contributed by atoms with Crippen LogP contribution in [0, 0.1) is 11.2 Å². The fourth-order valence-electron chi connectivity index (χ4n) is 1.57. The second-order valence-electron chi connectivity index (χ2n) is 5.65. The molecule has 1 aromatic rings. The summed E-state index contributed by atoms with van der Waals surface area (Å²) >= 11 is 0. The zero-order chi connectivity index (χ0) is 14.5. The lowest BCUT2D eigenvalue weighted by Crippen LogP contribution is -2.28. The number of aromatic nitrogens is 1. The zero-order valence-corrected chi connectivity index (χ0v) is 12.0. The minimum Gasteiger partial charge on any atom is -0.370 e. The molecule has 4 nitrogen and oxygen atoms in total. The number of nitrogens with zero attached hydrogens (tertiary/aromatic N) is 1. The van der Waals surface area contributed by atoms with Crippen LogP contribution in [0.1, 0.15) is 44.5 Å². The second kappa shape index (κ2) is 6.50. The van der Waals surface area contributed by atoms with E-state index in [9.17, 15) is 9.18 Å². The average Bonchev–Trinajstić information content (AvgIpc) is 2.30. The van der Waals surface area contributed by atoms with Gasteiger partial charge in [-0.2, -0.15) is 0 Å². The summed E-state index contributed by atoms with van der Waals surface area (Å²) in [5.41, 5.74) is 0.397. The largest absolute Gasteiger partial charge is 0.370 e. The zero-order valence-electron chi connectivity index (χ0n) is 12.0. The molecule has 0 aromatic carbocycles. The van der Waals surface area contributed by atoms with Gasteiger partial charge < -0.3 is 10.6 Å². The molecule has 19 heavy (non-hydrogen) atoms. The van der Waals surface area contributed by atoms with Crippen molar-refractivity contribution >= 4 is 11.7 Å². The summed E-state index contributed by atoms with van der Waals surface area (Å²) in [6.07, 6.45) is 1.96. The lowest BCUT2D eigenvalue weighted by atomic mass is 9.92. The van der Waals surface area contributed by atoms with E-state index in [2.05, 4.69) is 36.4 Å². The summed E-state index contributed by atoms with van der Waals surface area (Å²) in [6, 6.07) is 1.21. The maximum Gasteiger partial charge on any atom is 0.255 e. The molecule has 0 aliphatic carbocycles. The molecule has 106 valence electrons. The number of hydrogen-bond acceptors (Lipinski definition) is 3. The highest BCUT2D eigenvalue weighted by atomic mass is 19.1. The Morgan fingerprint density at radius 1 is 1.42 bits per heavy atom. The molecule has 2 N–H and O–H groups in total. The predicted octanol–water partition coefficient (Wildman–Crippen LogP) is 2.82. The Kier molecular flexibility index (Phi) is 5.27. The summed E-state index contributed by atoms with van der Waals surface area (Å²) in [5.74, 6) is -0.396. The summed E-state index contributed by atoms with van der Waals surface area (Å²) in [4.78, 5) is 15.9. The fourth-order valence-corrected chi connectivity index (χ4v) is 1.57. The highest BCUT2D eigenvalue weighted by molar-refractivity contribution is 5.98. The lowest BCUT2D eigenvalue weighted by Gasteiger charge is -2.18. The van der Waals surface area contributed by atoms with Gasteiger partial charge in [-0.05, 0) is 24.8 Å². The minimum absolute atomic E-state index is 0.151. The molecule has 0 saturated carbocycles. The number of anilines is 1. The summed E-state index contributed by atoms with van der Waals surface area (Å²) in [6.45, 7) is 9.39. The maximum absolute atomic E-state index is 13.2. The lowest BCUT2D eigenvalue weighted by molar-refractivity contribution is 0.0949. The number of nitrogens with one attached hydrogen (secondary N) is 2. The van der Waals surface area contributed by atoms with Crippen molar-refractivity contribution in [1.82, 2.24) is 10.3 Å². The Hall–Kier alpha value is -1.65. The highest BCUT2D eigenvalue weighted by Gasteiger charge is 2.15. The molecule has 0 fully saturated rings. The summed E-state index contributed by atoms with van der Waals surface area (Å²) in [5, 5.41) is 5.75. The van der Waals surface area contributed by atoms with Crippen LogP contribution in [-0.4, -0.2) is 24.0 Å². The first-order valence-corrected chi connectivity index (χ1v) is 6.51. The molecule has 5 heteroatoms. The first-order chi connectivity index (χ1) is 8.83. The molecule has 0 spiro atoms. The standard InChI is InChI=1S/C14H22FN3O/c1-5-16-12-11(8-10(15)9-18-12)13(19)17-7-6-14(2,3)4/h8-9H,5-7H2,1-4H3,(H,16,18)(H,17,19). The number of carbonyl (C=O) groups excluding carboxylic acids is 1. The van der Waals surface area contributed by atoms with Crippen molar-refractivity contribution in [2.24, 2.45) is 5.41 Å². The monoisotopic (exact) mass is 267 g/mol. The van der Waals surface area contributed by atoms with Crippen LogP contribution < -0.4 is 10.6 Å². The quantitative estimate of drug-likeness (QED) is 0.862. The van der Waals surface area contributed by atoms with Crippen LogP contribution in [0.5, 0.6) is 0 Å². The number of rotatable bonds is 5. The van der Waals surface area contributed by atoms with Gasteiger partial charge in [0.1, 0.15) is 11.6 Å². The molecule has 1 aromatic heterocycles. The van der Waals surface area contributed by atoms with Crippen LogP contribution >= 0.6 is 0 Å². The number of amides is 1. The van der Waals surface area contributed by atoms with Gasteiger partial charge in [0.05, 0.1) is 11.8 Å². The highest BCUT2D eigenvalue weighted by Crippen LogP contribution is 2.18. The molecule has 0 bridgehead atoms. The molecule has 0 unspecified atom stereocenters. The van der Waals surface area contributed by atoms with Crippen molar-refractivity contribution in [1.29, 1.82) is 0 Å². The third-order valence-corrected chi connectivity index (χ3v) is 2.60.